The largest absolute Gasteiger partial charge is 0.464 e. The van der Waals surface area contributed by atoms with Gasteiger partial charge in [-0.1, -0.05) is 0 Å². The second kappa shape index (κ2) is 5.06. The van der Waals surface area contributed by atoms with E-state index in [-0.39, 0.29) is 5.69 Å². The van der Waals surface area contributed by atoms with E-state index in [2.05, 4.69) is 20.0 Å². The number of nitrogens with two attached hydrogens (primary N) is 1. The number of esters is 1. The van der Waals surface area contributed by atoms with E-state index in [9.17, 15) is 9.59 Å². The Kier molecular flexibility index (Phi) is 3.76. The van der Waals surface area contributed by atoms with Crippen molar-refractivity contribution in [2.24, 2.45) is 5.73 Å². The Bertz CT molecular complexity index is 390. The third kappa shape index (κ3) is 2.91. The summed E-state index contributed by atoms with van der Waals surface area (Å²) >= 11 is 0. The molecule has 0 aliphatic carbocycles. The van der Waals surface area contributed by atoms with Gasteiger partial charge in [-0.2, -0.15) is 0 Å². The molecule has 0 aliphatic heterocycles. The summed E-state index contributed by atoms with van der Waals surface area (Å²) in [5, 5.41) is 2.73. The Morgan fingerprint density at radius 1 is 1.44 bits per heavy atom. The quantitative estimate of drug-likeness (QED) is 0.670. The summed E-state index contributed by atoms with van der Waals surface area (Å²) in [7, 11) is 1.26. The molecule has 1 amide bonds. The Hall–Kier alpha value is -2.18. The second-order valence-corrected chi connectivity index (χ2v) is 3.05. The molecule has 7 nitrogen and oxygen atoms in total. The van der Waals surface area contributed by atoms with Crippen LogP contribution in [0.4, 0.5) is 5.82 Å². The van der Waals surface area contributed by atoms with Gasteiger partial charge in [0.2, 0.25) is 5.91 Å². The summed E-state index contributed by atoms with van der Waals surface area (Å²) in [4.78, 5) is 29.5. The number of amides is 1. The van der Waals surface area contributed by atoms with Gasteiger partial charge in [0, 0.05) is 0 Å². The highest BCUT2D eigenvalue weighted by molar-refractivity contribution is 5.87. The number of ether oxygens (including phenoxy) is 1. The number of hydrogen-bond donors (Lipinski definition) is 2. The minimum Gasteiger partial charge on any atom is -0.464 e. The van der Waals surface area contributed by atoms with Gasteiger partial charge in [-0.05, 0) is 6.92 Å². The standard InChI is InChI=1S/C9H12N4O3/c1-5(8(10)14)13-7-4-11-6(3-12-7)9(15)16-2/h3-5H,1-2H3,(H2,10,14)(H,12,13). The Morgan fingerprint density at radius 3 is 2.56 bits per heavy atom. The molecule has 1 aromatic heterocycles. The number of rotatable bonds is 4. The fourth-order valence-electron chi connectivity index (χ4n) is 0.906. The van der Waals surface area contributed by atoms with Crippen LogP contribution in [-0.2, 0) is 9.53 Å². The highest BCUT2D eigenvalue weighted by Crippen LogP contribution is 2.03. The molecule has 1 aromatic rings. The summed E-state index contributed by atoms with van der Waals surface area (Å²) in [6.45, 7) is 1.60. The topological polar surface area (TPSA) is 107 Å². The maximum Gasteiger partial charge on any atom is 0.358 e. The number of nitrogens with zero attached hydrogens (tertiary/aromatic N) is 2. The van der Waals surface area contributed by atoms with Gasteiger partial charge in [0.1, 0.15) is 11.9 Å². The van der Waals surface area contributed by atoms with Crippen molar-refractivity contribution in [3.63, 3.8) is 0 Å². The number of carbonyl (C=O) groups is 2. The maximum absolute atomic E-state index is 11.0. The van der Waals surface area contributed by atoms with Crippen LogP contribution < -0.4 is 11.1 Å². The first-order valence-electron chi connectivity index (χ1n) is 4.50. The fourth-order valence-corrected chi connectivity index (χ4v) is 0.906. The molecule has 7 heteroatoms. The molecule has 0 fully saturated rings. The zero-order valence-corrected chi connectivity index (χ0v) is 8.93. The first kappa shape index (κ1) is 11.9. The van der Waals surface area contributed by atoms with Gasteiger partial charge in [-0.25, -0.2) is 14.8 Å². The summed E-state index contributed by atoms with van der Waals surface area (Å²) in [6, 6.07) is -0.557. The van der Waals surface area contributed by atoms with E-state index in [1.807, 2.05) is 0 Å². The van der Waals surface area contributed by atoms with Crippen LogP contribution in [0, 0.1) is 0 Å². The van der Waals surface area contributed by atoms with Gasteiger partial charge in [0.15, 0.2) is 5.69 Å². The number of aromatic nitrogens is 2. The van der Waals surface area contributed by atoms with Crippen LogP contribution in [0.3, 0.4) is 0 Å². The van der Waals surface area contributed by atoms with Crippen LogP contribution in [0.2, 0.25) is 0 Å². The van der Waals surface area contributed by atoms with E-state index >= 15 is 0 Å². The summed E-state index contributed by atoms with van der Waals surface area (Å²) in [5.74, 6) is -0.709. The van der Waals surface area contributed by atoms with E-state index in [1.54, 1.807) is 6.92 Å². The molecule has 1 heterocycles. The van der Waals surface area contributed by atoms with Gasteiger partial charge in [-0.3, -0.25) is 4.79 Å². The van der Waals surface area contributed by atoms with Crippen molar-refractivity contribution in [1.29, 1.82) is 0 Å². The van der Waals surface area contributed by atoms with E-state index in [4.69, 9.17) is 5.73 Å². The van der Waals surface area contributed by atoms with Crippen molar-refractivity contribution in [3.05, 3.63) is 18.1 Å². The smallest absolute Gasteiger partial charge is 0.358 e. The summed E-state index contributed by atoms with van der Waals surface area (Å²) < 4.78 is 4.46. The Labute approximate surface area is 92.0 Å². The second-order valence-electron chi connectivity index (χ2n) is 3.05. The monoisotopic (exact) mass is 224 g/mol. The zero-order chi connectivity index (χ0) is 12.1. The van der Waals surface area contributed by atoms with Crippen molar-refractivity contribution in [2.75, 3.05) is 12.4 Å². The number of anilines is 1. The molecule has 0 saturated carbocycles. The Balaban J connectivity index is 2.72. The van der Waals surface area contributed by atoms with Crippen LogP contribution >= 0.6 is 0 Å². The predicted molar refractivity (Wildman–Crippen MR) is 55.7 cm³/mol. The normalized spacial score (nSPS) is 11.6. The molecule has 3 N–H and O–H groups in total. The van der Waals surface area contributed by atoms with Crippen molar-refractivity contribution in [2.45, 2.75) is 13.0 Å². The third-order valence-corrected chi connectivity index (χ3v) is 1.84. The van der Waals surface area contributed by atoms with Gasteiger partial charge in [0.25, 0.3) is 0 Å². The van der Waals surface area contributed by atoms with Gasteiger partial charge in [-0.15, -0.1) is 0 Å². The van der Waals surface area contributed by atoms with Crippen LogP contribution in [-0.4, -0.2) is 35.0 Å². The van der Waals surface area contributed by atoms with Crippen LogP contribution in [0.15, 0.2) is 12.4 Å². The Morgan fingerprint density at radius 2 is 2.12 bits per heavy atom. The average Bonchev–Trinajstić information content (AvgIpc) is 2.28. The summed E-state index contributed by atoms with van der Waals surface area (Å²) in [5.41, 5.74) is 5.16. The lowest BCUT2D eigenvalue weighted by Gasteiger charge is -2.09. The first-order chi connectivity index (χ1) is 7.54. The average molecular weight is 224 g/mol. The molecule has 0 radical (unpaired) electrons. The molecule has 1 unspecified atom stereocenters. The third-order valence-electron chi connectivity index (χ3n) is 1.84. The number of carbonyl (C=O) groups excluding carboxylic acids is 2. The minimum absolute atomic E-state index is 0.0970. The molecule has 0 bridgehead atoms. The molecule has 0 spiro atoms. The lowest BCUT2D eigenvalue weighted by Crippen LogP contribution is -2.32. The van der Waals surface area contributed by atoms with Crippen molar-refractivity contribution < 1.29 is 14.3 Å². The first-order valence-corrected chi connectivity index (χ1v) is 4.50. The number of methoxy groups -OCH3 is 1. The number of hydrogen-bond acceptors (Lipinski definition) is 6. The van der Waals surface area contributed by atoms with Crippen molar-refractivity contribution >= 4 is 17.7 Å². The molecule has 86 valence electrons. The van der Waals surface area contributed by atoms with E-state index in [0.717, 1.165) is 0 Å². The fraction of sp³-hybridized carbons (Fsp3) is 0.333. The van der Waals surface area contributed by atoms with Crippen LogP contribution in [0.5, 0.6) is 0 Å². The summed E-state index contributed by atoms with van der Waals surface area (Å²) in [6.07, 6.45) is 2.58. The van der Waals surface area contributed by atoms with E-state index in [0.29, 0.717) is 5.82 Å². The zero-order valence-electron chi connectivity index (χ0n) is 8.93. The van der Waals surface area contributed by atoms with Gasteiger partial charge < -0.3 is 15.8 Å². The molecule has 0 aliphatic rings. The van der Waals surface area contributed by atoms with E-state index in [1.165, 1.54) is 19.5 Å². The van der Waals surface area contributed by atoms with Gasteiger partial charge in [0.05, 0.1) is 19.5 Å². The molecule has 1 rings (SSSR count). The number of nitrogens with one attached hydrogen (secondary N) is 1. The lowest BCUT2D eigenvalue weighted by atomic mass is 10.3. The predicted octanol–water partition coefficient (Wildman–Crippen LogP) is -0.451. The SMILES string of the molecule is COC(=O)c1cnc(NC(C)C(N)=O)cn1. The minimum atomic E-state index is -0.568. The lowest BCUT2D eigenvalue weighted by molar-refractivity contribution is -0.118. The van der Waals surface area contributed by atoms with Crippen LogP contribution in [0.1, 0.15) is 17.4 Å². The molecular weight excluding hydrogens is 212 g/mol. The molecule has 0 aromatic carbocycles. The molecule has 0 saturated heterocycles. The molecular formula is C9H12N4O3. The van der Waals surface area contributed by atoms with Gasteiger partial charge >= 0.3 is 5.97 Å². The number of primary amides is 1. The van der Waals surface area contributed by atoms with Crippen molar-refractivity contribution in [1.82, 2.24) is 9.97 Å². The van der Waals surface area contributed by atoms with E-state index < -0.39 is 17.9 Å². The van der Waals surface area contributed by atoms with Crippen LogP contribution in [0.25, 0.3) is 0 Å². The van der Waals surface area contributed by atoms with Crippen molar-refractivity contribution in [3.8, 4) is 0 Å². The molecule has 1 atom stereocenters. The molecule has 16 heavy (non-hydrogen) atoms. The highest BCUT2D eigenvalue weighted by Gasteiger charge is 2.11. The highest BCUT2D eigenvalue weighted by atomic mass is 16.5. The maximum atomic E-state index is 11.0.